The van der Waals surface area contributed by atoms with Crippen LogP contribution >= 0.6 is 15.9 Å². The average Bonchev–Trinajstić information content (AvgIpc) is 2.40. The fourth-order valence-electron chi connectivity index (χ4n) is 2.70. The maximum absolute atomic E-state index is 11.9. The molecule has 0 radical (unpaired) electrons. The molecule has 0 aromatic heterocycles. The molecule has 2 atom stereocenters. The van der Waals surface area contributed by atoms with Crippen LogP contribution in [0.3, 0.4) is 0 Å². The monoisotopic (exact) mass is 350 g/mol. The Morgan fingerprint density at radius 1 is 1.25 bits per heavy atom. The van der Waals surface area contributed by atoms with E-state index in [1.54, 1.807) is 0 Å². The lowest BCUT2D eigenvalue weighted by Gasteiger charge is -2.30. The van der Waals surface area contributed by atoms with E-state index in [2.05, 4.69) is 32.8 Å². The molecular formula is C15H18BrF3O. The molecule has 1 aromatic carbocycles. The molecule has 0 fully saturated rings. The number of ether oxygens (including phenoxy) is 1. The Hall–Kier alpha value is -0.550. The summed E-state index contributed by atoms with van der Waals surface area (Å²) in [6.45, 7) is -0.963. The molecule has 2 unspecified atom stereocenters. The largest absolute Gasteiger partial charge is 0.411 e. The van der Waals surface area contributed by atoms with Crippen molar-refractivity contribution in [1.29, 1.82) is 0 Å². The normalized spacial score (nSPS) is 22.6. The van der Waals surface area contributed by atoms with Gasteiger partial charge in [-0.25, -0.2) is 0 Å². The topological polar surface area (TPSA) is 9.23 Å². The van der Waals surface area contributed by atoms with Crippen LogP contribution in [0.2, 0.25) is 0 Å². The molecule has 1 aliphatic carbocycles. The molecule has 1 aromatic rings. The van der Waals surface area contributed by atoms with E-state index in [1.165, 1.54) is 11.1 Å². The summed E-state index contributed by atoms with van der Waals surface area (Å²) in [6.07, 6.45) is -0.534. The van der Waals surface area contributed by atoms with Gasteiger partial charge in [-0.3, -0.25) is 0 Å². The number of hydrogen-bond acceptors (Lipinski definition) is 1. The fourth-order valence-corrected chi connectivity index (χ4v) is 3.67. The van der Waals surface area contributed by atoms with Gasteiger partial charge in [-0.15, -0.1) is 0 Å². The van der Waals surface area contributed by atoms with E-state index in [0.29, 0.717) is 17.2 Å². The van der Waals surface area contributed by atoms with Crippen molar-refractivity contribution in [2.75, 3.05) is 13.2 Å². The Kier molecular flexibility index (Phi) is 5.49. The summed E-state index contributed by atoms with van der Waals surface area (Å²) < 4.78 is 40.5. The van der Waals surface area contributed by atoms with Gasteiger partial charge in [0.15, 0.2) is 0 Å². The molecule has 0 spiro atoms. The molecular weight excluding hydrogens is 333 g/mol. The fraction of sp³-hybridized carbons (Fsp3) is 0.600. The minimum atomic E-state index is -4.22. The van der Waals surface area contributed by atoms with Crippen molar-refractivity contribution in [1.82, 2.24) is 0 Å². The predicted molar refractivity (Wildman–Crippen MR) is 76.0 cm³/mol. The van der Waals surface area contributed by atoms with Gasteiger partial charge in [0.25, 0.3) is 0 Å². The molecule has 20 heavy (non-hydrogen) atoms. The summed E-state index contributed by atoms with van der Waals surface area (Å²) >= 11 is 3.73. The molecule has 0 aliphatic heterocycles. The lowest BCUT2D eigenvalue weighted by molar-refractivity contribution is -0.174. The van der Waals surface area contributed by atoms with Gasteiger partial charge in [0.2, 0.25) is 0 Å². The molecule has 0 amide bonds. The Morgan fingerprint density at radius 2 is 2.00 bits per heavy atom. The van der Waals surface area contributed by atoms with Gasteiger partial charge in [-0.05, 0) is 42.7 Å². The van der Waals surface area contributed by atoms with Crippen LogP contribution in [0, 0.1) is 5.92 Å². The smallest absolute Gasteiger partial charge is 0.372 e. The third-order valence-corrected chi connectivity index (χ3v) is 4.92. The first-order valence-corrected chi connectivity index (χ1v) is 7.75. The third-order valence-electron chi connectivity index (χ3n) is 3.68. The van der Waals surface area contributed by atoms with Gasteiger partial charge in [0.05, 0.1) is 0 Å². The zero-order valence-corrected chi connectivity index (χ0v) is 12.7. The molecule has 0 heterocycles. The van der Waals surface area contributed by atoms with Gasteiger partial charge in [0.1, 0.15) is 6.61 Å². The standard InChI is InChI=1S/C15H18BrF3O/c16-14-12(5-3-9-20-10-15(17,18)19)8-7-11-4-1-2-6-13(11)14/h1-2,4,6,12,14H,3,5,7-10H2. The molecule has 1 nitrogen and oxygen atoms in total. The molecule has 112 valence electrons. The second-order valence-corrected chi connectivity index (χ2v) is 6.20. The third kappa shape index (κ3) is 4.48. The summed E-state index contributed by atoms with van der Waals surface area (Å²) in [5, 5.41) is 0. The van der Waals surface area contributed by atoms with E-state index in [1.807, 2.05) is 12.1 Å². The van der Waals surface area contributed by atoms with Crippen molar-refractivity contribution in [2.24, 2.45) is 5.92 Å². The summed E-state index contributed by atoms with van der Waals surface area (Å²) in [5.74, 6) is 0.472. The SMILES string of the molecule is FC(F)(F)COCCCC1CCc2ccccc2C1Br. The second-order valence-electron chi connectivity index (χ2n) is 5.21. The number of fused-ring (bicyclic) bond motifs is 1. The highest BCUT2D eigenvalue weighted by Crippen LogP contribution is 2.42. The van der Waals surface area contributed by atoms with Gasteiger partial charge in [0, 0.05) is 11.4 Å². The Balaban J connectivity index is 1.75. The first kappa shape index (κ1) is 15.8. The molecule has 0 N–H and O–H groups in total. The minimum Gasteiger partial charge on any atom is -0.372 e. The number of rotatable bonds is 5. The van der Waals surface area contributed by atoms with E-state index in [-0.39, 0.29) is 6.61 Å². The van der Waals surface area contributed by atoms with Crippen LogP contribution in [0.25, 0.3) is 0 Å². The van der Waals surface area contributed by atoms with E-state index < -0.39 is 12.8 Å². The summed E-state index contributed by atoms with van der Waals surface area (Å²) in [4.78, 5) is 0.301. The van der Waals surface area contributed by atoms with Crippen molar-refractivity contribution < 1.29 is 17.9 Å². The van der Waals surface area contributed by atoms with Gasteiger partial charge < -0.3 is 4.74 Å². The van der Waals surface area contributed by atoms with E-state index in [0.717, 1.165) is 19.3 Å². The van der Waals surface area contributed by atoms with Crippen LogP contribution in [0.5, 0.6) is 0 Å². The molecule has 0 saturated carbocycles. The van der Waals surface area contributed by atoms with Crippen LogP contribution in [-0.2, 0) is 11.2 Å². The van der Waals surface area contributed by atoms with Crippen LogP contribution in [0.1, 0.15) is 35.2 Å². The number of alkyl halides is 4. The summed E-state index contributed by atoms with van der Waals surface area (Å²) in [5.41, 5.74) is 2.69. The van der Waals surface area contributed by atoms with E-state index in [4.69, 9.17) is 0 Å². The lowest BCUT2D eigenvalue weighted by atomic mass is 9.81. The molecule has 2 rings (SSSR count). The Bertz CT molecular complexity index is 433. The van der Waals surface area contributed by atoms with Crippen molar-refractivity contribution in [2.45, 2.75) is 36.7 Å². The Morgan fingerprint density at radius 3 is 2.75 bits per heavy atom. The van der Waals surface area contributed by atoms with Gasteiger partial charge in [-0.1, -0.05) is 40.2 Å². The summed E-state index contributed by atoms with van der Waals surface area (Å²) in [7, 11) is 0. The molecule has 0 bridgehead atoms. The highest BCUT2D eigenvalue weighted by atomic mass is 79.9. The number of hydrogen-bond donors (Lipinski definition) is 0. The predicted octanol–water partition coefficient (Wildman–Crippen LogP) is 5.04. The summed E-state index contributed by atoms with van der Waals surface area (Å²) in [6, 6.07) is 8.35. The zero-order chi connectivity index (χ0) is 14.6. The van der Waals surface area contributed by atoms with Crippen LogP contribution < -0.4 is 0 Å². The first-order valence-electron chi connectivity index (χ1n) is 6.84. The van der Waals surface area contributed by atoms with Crippen LogP contribution in [0.15, 0.2) is 24.3 Å². The highest BCUT2D eigenvalue weighted by molar-refractivity contribution is 9.09. The number of halogens is 4. The number of aryl methyl sites for hydroxylation is 1. The quantitative estimate of drug-likeness (QED) is 0.533. The van der Waals surface area contributed by atoms with Gasteiger partial charge in [-0.2, -0.15) is 13.2 Å². The zero-order valence-electron chi connectivity index (χ0n) is 11.1. The Labute approximate surface area is 125 Å². The lowest BCUT2D eigenvalue weighted by Crippen LogP contribution is -2.19. The molecule has 1 aliphatic rings. The minimum absolute atomic E-state index is 0.178. The molecule has 0 saturated heterocycles. The maximum Gasteiger partial charge on any atom is 0.411 e. The molecule has 5 heteroatoms. The highest BCUT2D eigenvalue weighted by Gasteiger charge is 2.28. The average molecular weight is 351 g/mol. The van der Waals surface area contributed by atoms with E-state index in [9.17, 15) is 13.2 Å². The maximum atomic E-state index is 11.9. The van der Waals surface area contributed by atoms with Crippen molar-refractivity contribution in [3.8, 4) is 0 Å². The van der Waals surface area contributed by atoms with Crippen molar-refractivity contribution in [3.05, 3.63) is 35.4 Å². The van der Waals surface area contributed by atoms with Crippen molar-refractivity contribution in [3.63, 3.8) is 0 Å². The van der Waals surface area contributed by atoms with Gasteiger partial charge >= 0.3 is 6.18 Å². The number of benzene rings is 1. The second kappa shape index (κ2) is 6.94. The van der Waals surface area contributed by atoms with Crippen LogP contribution in [-0.4, -0.2) is 19.4 Å². The van der Waals surface area contributed by atoms with Crippen molar-refractivity contribution >= 4 is 15.9 Å². The first-order chi connectivity index (χ1) is 9.47. The van der Waals surface area contributed by atoms with Crippen LogP contribution in [0.4, 0.5) is 13.2 Å². The van der Waals surface area contributed by atoms with E-state index >= 15 is 0 Å².